The largest absolute Gasteiger partial charge is 0.329 e. The first kappa shape index (κ1) is 14.0. The molecule has 2 rings (SSSR count). The molecule has 0 saturated heterocycles. The van der Waals surface area contributed by atoms with Crippen LogP contribution in [0.5, 0.6) is 0 Å². The van der Waals surface area contributed by atoms with Crippen molar-refractivity contribution in [3.05, 3.63) is 34.7 Å². The smallest absolute Gasteiger partial charge is 0.299 e. The van der Waals surface area contributed by atoms with Crippen LogP contribution in [0.3, 0.4) is 0 Å². The molecule has 0 fully saturated rings. The lowest BCUT2D eigenvalue weighted by Crippen LogP contribution is -2.26. The summed E-state index contributed by atoms with van der Waals surface area (Å²) in [6, 6.07) is 7.42. The molecule has 0 aliphatic carbocycles. The number of carbonyl (C=O) groups is 2. The number of imidazole rings is 1. The zero-order chi connectivity index (χ0) is 14.7. The second kappa shape index (κ2) is 5.73. The first-order valence-electron chi connectivity index (χ1n) is 6.45. The van der Waals surface area contributed by atoms with Gasteiger partial charge in [-0.25, -0.2) is 4.79 Å². The monoisotopic (exact) mass is 275 g/mol. The van der Waals surface area contributed by atoms with E-state index in [0.29, 0.717) is 12.8 Å². The molecule has 0 aliphatic heterocycles. The molecule has 1 unspecified atom stereocenters. The summed E-state index contributed by atoms with van der Waals surface area (Å²) >= 11 is 0. The third-order valence-corrected chi connectivity index (χ3v) is 3.45. The van der Waals surface area contributed by atoms with Gasteiger partial charge in [-0.2, -0.15) is 0 Å². The number of fused-ring (bicyclic) bond motifs is 1. The molecule has 2 amide bonds. The van der Waals surface area contributed by atoms with Crippen molar-refractivity contribution in [3.63, 3.8) is 0 Å². The number of hydrogen-bond acceptors (Lipinski definition) is 3. The van der Waals surface area contributed by atoms with Crippen LogP contribution in [-0.4, -0.2) is 21.5 Å². The van der Waals surface area contributed by atoms with Crippen LogP contribution >= 0.6 is 0 Å². The van der Waals surface area contributed by atoms with Gasteiger partial charge in [-0.3, -0.25) is 24.0 Å². The maximum Gasteiger partial charge on any atom is 0.329 e. The van der Waals surface area contributed by atoms with Crippen LogP contribution in [0.25, 0.3) is 11.0 Å². The minimum Gasteiger partial charge on any atom is -0.299 e. The second-order valence-corrected chi connectivity index (χ2v) is 4.77. The van der Waals surface area contributed by atoms with Crippen LogP contribution in [0.1, 0.15) is 25.8 Å². The van der Waals surface area contributed by atoms with Crippen LogP contribution in [0.4, 0.5) is 0 Å². The van der Waals surface area contributed by atoms with E-state index in [4.69, 9.17) is 0 Å². The van der Waals surface area contributed by atoms with Crippen molar-refractivity contribution in [1.82, 2.24) is 14.5 Å². The van der Waals surface area contributed by atoms with Gasteiger partial charge in [0, 0.05) is 19.5 Å². The molecular formula is C14H17N3O3. The van der Waals surface area contributed by atoms with Crippen LogP contribution in [-0.2, 0) is 16.6 Å². The Morgan fingerprint density at radius 2 is 2.00 bits per heavy atom. The number of para-hydroxylation sites is 2. The molecule has 0 bridgehead atoms. The second-order valence-electron chi connectivity index (χ2n) is 4.77. The molecule has 0 radical (unpaired) electrons. The van der Waals surface area contributed by atoms with Crippen LogP contribution in [0.2, 0.25) is 0 Å². The Morgan fingerprint density at radius 3 is 2.65 bits per heavy atom. The summed E-state index contributed by atoms with van der Waals surface area (Å²) < 4.78 is 3.28. The van der Waals surface area contributed by atoms with E-state index in [2.05, 4.69) is 5.32 Å². The number of carbonyl (C=O) groups excluding carboxylic acids is 2. The van der Waals surface area contributed by atoms with Crippen molar-refractivity contribution in [2.24, 2.45) is 7.05 Å². The van der Waals surface area contributed by atoms with E-state index in [1.165, 1.54) is 0 Å². The van der Waals surface area contributed by atoms with Crippen molar-refractivity contribution in [2.45, 2.75) is 25.8 Å². The Morgan fingerprint density at radius 1 is 1.35 bits per heavy atom. The molecule has 1 aromatic heterocycles. The molecule has 2 aromatic rings. The quantitative estimate of drug-likeness (QED) is 0.826. The number of aryl methyl sites for hydroxylation is 1. The lowest BCUT2D eigenvalue weighted by molar-refractivity contribution is -0.125. The zero-order valence-electron chi connectivity index (χ0n) is 11.5. The standard InChI is InChI=1S/C14H17N3O3/c1-10(7-8-13(19)15-9-18)17-12-6-4-3-5-11(12)16(2)14(17)20/h3-6,9-10H,7-8H2,1-2H3,(H,15,18,19). The van der Waals surface area contributed by atoms with Crippen molar-refractivity contribution in [3.8, 4) is 0 Å². The van der Waals surface area contributed by atoms with Crippen molar-refractivity contribution >= 4 is 23.4 Å². The third-order valence-electron chi connectivity index (χ3n) is 3.45. The average molecular weight is 275 g/mol. The van der Waals surface area contributed by atoms with Crippen LogP contribution in [0.15, 0.2) is 29.1 Å². The molecule has 0 aliphatic rings. The van der Waals surface area contributed by atoms with Crippen LogP contribution < -0.4 is 11.0 Å². The van der Waals surface area contributed by atoms with Gasteiger partial charge in [-0.05, 0) is 25.5 Å². The van der Waals surface area contributed by atoms with Gasteiger partial charge in [0.1, 0.15) is 0 Å². The molecule has 0 spiro atoms. The maximum atomic E-state index is 12.3. The first-order valence-corrected chi connectivity index (χ1v) is 6.45. The Hall–Kier alpha value is -2.37. The fraction of sp³-hybridized carbons (Fsp3) is 0.357. The predicted molar refractivity (Wildman–Crippen MR) is 75.3 cm³/mol. The van der Waals surface area contributed by atoms with Gasteiger partial charge >= 0.3 is 5.69 Å². The summed E-state index contributed by atoms with van der Waals surface area (Å²) in [4.78, 5) is 33.7. The maximum absolute atomic E-state index is 12.3. The zero-order valence-corrected chi connectivity index (χ0v) is 11.5. The summed E-state index contributed by atoms with van der Waals surface area (Å²) in [5.74, 6) is -0.333. The molecule has 0 saturated carbocycles. The molecule has 1 N–H and O–H groups in total. The van der Waals surface area contributed by atoms with Gasteiger partial charge in [0.2, 0.25) is 12.3 Å². The highest BCUT2D eigenvalue weighted by Gasteiger charge is 2.16. The van der Waals surface area contributed by atoms with Crippen LogP contribution in [0, 0.1) is 0 Å². The summed E-state index contributed by atoms with van der Waals surface area (Å²) in [6.45, 7) is 1.89. The minimum absolute atomic E-state index is 0.102. The van der Waals surface area contributed by atoms with Gasteiger partial charge in [0.25, 0.3) is 0 Å². The summed E-state index contributed by atoms with van der Waals surface area (Å²) in [5.41, 5.74) is 1.61. The molecule has 6 heteroatoms. The lowest BCUT2D eigenvalue weighted by atomic mass is 10.1. The van der Waals surface area contributed by atoms with E-state index in [9.17, 15) is 14.4 Å². The van der Waals surface area contributed by atoms with E-state index >= 15 is 0 Å². The minimum atomic E-state index is -0.333. The number of amides is 2. The van der Waals surface area contributed by atoms with Crippen molar-refractivity contribution in [2.75, 3.05) is 0 Å². The Labute approximate surface area is 116 Å². The molecule has 1 aromatic carbocycles. The number of aromatic nitrogens is 2. The molecule has 106 valence electrons. The topological polar surface area (TPSA) is 73.1 Å². The predicted octanol–water partition coefficient (Wildman–Crippen LogP) is 0.954. The van der Waals surface area contributed by atoms with Crippen molar-refractivity contribution < 1.29 is 9.59 Å². The van der Waals surface area contributed by atoms with Gasteiger partial charge < -0.3 is 0 Å². The summed E-state index contributed by atoms with van der Waals surface area (Å²) in [5, 5.41) is 2.10. The van der Waals surface area contributed by atoms with Gasteiger partial charge in [0.05, 0.1) is 11.0 Å². The number of nitrogens with zero attached hydrogens (tertiary/aromatic N) is 2. The molecular weight excluding hydrogens is 258 g/mol. The van der Waals surface area contributed by atoms with E-state index in [0.717, 1.165) is 11.0 Å². The van der Waals surface area contributed by atoms with Crippen molar-refractivity contribution in [1.29, 1.82) is 0 Å². The normalized spacial score (nSPS) is 12.3. The lowest BCUT2D eigenvalue weighted by Gasteiger charge is -2.12. The van der Waals surface area contributed by atoms with Gasteiger partial charge in [-0.15, -0.1) is 0 Å². The molecule has 6 nitrogen and oxygen atoms in total. The van der Waals surface area contributed by atoms with Gasteiger partial charge in [0.15, 0.2) is 0 Å². The molecule has 1 atom stereocenters. The number of nitrogens with one attached hydrogen (secondary N) is 1. The SMILES string of the molecule is CC(CCC(=O)NC=O)n1c(=O)n(C)c2ccccc21. The van der Waals surface area contributed by atoms with E-state index in [1.54, 1.807) is 16.2 Å². The number of imide groups is 1. The number of rotatable bonds is 5. The Bertz CT molecular complexity index is 699. The average Bonchev–Trinajstić information content (AvgIpc) is 2.69. The van der Waals surface area contributed by atoms with E-state index < -0.39 is 0 Å². The third kappa shape index (κ3) is 2.49. The number of benzene rings is 1. The fourth-order valence-electron chi connectivity index (χ4n) is 2.35. The van der Waals surface area contributed by atoms with E-state index in [1.807, 2.05) is 31.2 Å². The Balaban J connectivity index is 2.28. The molecule has 20 heavy (non-hydrogen) atoms. The highest BCUT2D eigenvalue weighted by Crippen LogP contribution is 2.19. The summed E-state index contributed by atoms with van der Waals surface area (Å²) in [7, 11) is 1.73. The highest BCUT2D eigenvalue weighted by atomic mass is 16.2. The fourth-order valence-corrected chi connectivity index (χ4v) is 2.35. The number of hydrogen-bond donors (Lipinski definition) is 1. The Kier molecular flexibility index (Phi) is 4.02. The summed E-state index contributed by atoms with van der Waals surface area (Å²) in [6.07, 6.45) is 1.07. The van der Waals surface area contributed by atoms with E-state index in [-0.39, 0.29) is 24.1 Å². The highest BCUT2D eigenvalue weighted by molar-refractivity contribution is 5.85. The molecule has 1 heterocycles. The van der Waals surface area contributed by atoms with Gasteiger partial charge in [-0.1, -0.05) is 12.1 Å². The first-order chi connectivity index (χ1) is 9.56.